The number of fused-ring (bicyclic) bond motifs is 3. The molecule has 2 saturated heterocycles. The van der Waals surface area contributed by atoms with Crippen LogP contribution < -0.4 is 26.6 Å². The highest BCUT2D eigenvalue weighted by Gasteiger charge is 2.36. The first-order chi connectivity index (χ1) is 12.3. The highest BCUT2D eigenvalue weighted by atomic mass is 79.9. The van der Waals surface area contributed by atoms with Crippen LogP contribution in [0.5, 0.6) is 5.75 Å². The molecule has 0 saturated carbocycles. The number of halogens is 1. The second-order valence-electron chi connectivity index (χ2n) is 7.48. The van der Waals surface area contributed by atoms with Crippen molar-refractivity contribution in [1.29, 1.82) is 0 Å². The van der Waals surface area contributed by atoms with Gasteiger partial charge in [-0.2, -0.15) is 0 Å². The van der Waals surface area contributed by atoms with Gasteiger partial charge < -0.3 is 35.5 Å². The first-order valence-electron chi connectivity index (χ1n) is 9.33. The molecule has 0 N–H and O–H groups in total. The molecule has 0 atom stereocenters. The van der Waals surface area contributed by atoms with E-state index in [2.05, 4.69) is 33.7 Å². The Bertz CT molecular complexity index is 922. The van der Waals surface area contributed by atoms with Crippen LogP contribution in [0.3, 0.4) is 0 Å². The van der Waals surface area contributed by atoms with Crippen LogP contribution in [-0.4, -0.2) is 60.2 Å². The predicted octanol–water partition coefficient (Wildman–Crippen LogP) is -0.0693. The van der Waals surface area contributed by atoms with Crippen LogP contribution in [0.4, 0.5) is 5.82 Å². The van der Waals surface area contributed by atoms with Gasteiger partial charge in [-0.25, -0.2) is 4.98 Å². The average Bonchev–Trinajstić information content (AvgIpc) is 3.31. The molecular weight excluding hydrogens is 392 g/mol. The van der Waals surface area contributed by atoms with E-state index in [-0.39, 0.29) is 17.0 Å². The zero-order valence-electron chi connectivity index (χ0n) is 15.2. The second-order valence-corrected chi connectivity index (χ2v) is 7.48. The van der Waals surface area contributed by atoms with Crippen molar-refractivity contribution in [2.75, 3.05) is 51.3 Å². The Balaban J connectivity index is 0.00000168. The number of hydrogen-bond donors (Lipinski definition) is 0. The highest BCUT2D eigenvalue weighted by molar-refractivity contribution is 5.86. The molecule has 5 nitrogen and oxygen atoms in total. The quantitative estimate of drug-likeness (QED) is 0.547. The maximum absolute atomic E-state index is 5.40. The fraction of sp³-hybridized carbons (Fsp3) is 0.450. The zero-order chi connectivity index (χ0) is 16.9. The molecule has 3 aromatic rings. The Labute approximate surface area is 164 Å². The summed E-state index contributed by atoms with van der Waals surface area (Å²) in [7, 11) is 1.71. The lowest BCUT2D eigenvalue weighted by Gasteiger charge is -2.42. The topological polar surface area (TPSA) is 29.8 Å². The molecule has 1 spiro atoms. The first-order valence-corrected chi connectivity index (χ1v) is 9.33. The van der Waals surface area contributed by atoms with Gasteiger partial charge in [-0.1, -0.05) is 0 Å². The Hall–Kier alpha value is -1.79. The molecule has 138 valence electrons. The van der Waals surface area contributed by atoms with Crippen LogP contribution in [0.2, 0.25) is 0 Å². The minimum absolute atomic E-state index is 0. The van der Waals surface area contributed by atoms with Crippen molar-refractivity contribution in [3.8, 4) is 5.75 Å². The number of methoxy groups -OCH3 is 1. The largest absolute Gasteiger partial charge is 1.00 e. The molecule has 0 aliphatic carbocycles. The SMILES string of the molecule is COc1ccc2c(c1)nc(N1CC[N+]3(CCCC3)CC1)c1cccn12.[Br-]. The number of piperazine rings is 1. The zero-order valence-corrected chi connectivity index (χ0v) is 16.8. The standard InChI is InChI=1S/C20H25N4O.BrH/c1-25-16-6-7-18-17(15-16)21-20(19-5-4-8-23(18)19)22-9-13-24(14-10-22)11-2-3-12-24;/h4-8,15H,2-3,9-14H2,1H3;1H/q+1;/p-1. The number of quaternary nitrogens is 1. The molecule has 4 heterocycles. The van der Waals surface area contributed by atoms with Gasteiger partial charge in [-0.05, 0) is 24.3 Å². The summed E-state index contributed by atoms with van der Waals surface area (Å²) >= 11 is 0. The summed E-state index contributed by atoms with van der Waals surface area (Å²) in [5, 5.41) is 0. The van der Waals surface area contributed by atoms with Gasteiger partial charge in [-0.15, -0.1) is 0 Å². The highest BCUT2D eigenvalue weighted by Crippen LogP contribution is 2.30. The van der Waals surface area contributed by atoms with Crippen molar-refractivity contribution in [1.82, 2.24) is 9.38 Å². The molecule has 0 bridgehead atoms. The van der Waals surface area contributed by atoms with Crippen molar-refractivity contribution < 1.29 is 26.2 Å². The van der Waals surface area contributed by atoms with Crippen LogP contribution in [0, 0.1) is 0 Å². The molecule has 0 unspecified atom stereocenters. The predicted molar refractivity (Wildman–Crippen MR) is 100 cm³/mol. The summed E-state index contributed by atoms with van der Waals surface area (Å²) in [6, 6.07) is 10.4. The van der Waals surface area contributed by atoms with Crippen molar-refractivity contribution in [2.45, 2.75) is 12.8 Å². The molecule has 5 rings (SSSR count). The number of nitrogens with zero attached hydrogens (tertiary/aromatic N) is 4. The third-order valence-electron chi connectivity index (χ3n) is 6.15. The van der Waals surface area contributed by atoms with E-state index >= 15 is 0 Å². The monoisotopic (exact) mass is 416 g/mol. The smallest absolute Gasteiger partial charge is 0.154 e. The number of anilines is 1. The van der Waals surface area contributed by atoms with E-state index in [1.54, 1.807) is 7.11 Å². The van der Waals surface area contributed by atoms with E-state index in [1.807, 2.05) is 12.1 Å². The fourth-order valence-electron chi connectivity index (χ4n) is 4.66. The number of hydrogen-bond acceptors (Lipinski definition) is 3. The van der Waals surface area contributed by atoms with Crippen LogP contribution in [0.25, 0.3) is 16.6 Å². The Morgan fingerprint density at radius 3 is 2.50 bits per heavy atom. The van der Waals surface area contributed by atoms with E-state index in [0.717, 1.165) is 35.7 Å². The van der Waals surface area contributed by atoms with Crippen LogP contribution in [-0.2, 0) is 0 Å². The fourth-order valence-corrected chi connectivity index (χ4v) is 4.66. The Morgan fingerprint density at radius 1 is 1.00 bits per heavy atom. The molecule has 6 heteroatoms. The van der Waals surface area contributed by atoms with Gasteiger partial charge in [0.05, 0.1) is 62.9 Å². The second kappa shape index (κ2) is 6.74. The summed E-state index contributed by atoms with van der Waals surface area (Å²) in [6.45, 7) is 7.45. The summed E-state index contributed by atoms with van der Waals surface area (Å²) in [5.41, 5.74) is 3.32. The van der Waals surface area contributed by atoms with E-state index in [0.29, 0.717) is 0 Å². The van der Waals surface area contributed by atoms with E-state index in [9.17, 15) is 0 Å². The summed E-state index contributed by atoms with van der Waals surface area (Å²) in [4.78, 5) is 7.52. The van der Waals surface area contributed by atoms with Crippen LogP contribution in [0.15, 0.2) is 36.5 Å². The van der Waals surface area contributed by atoms with Gasteiger partial charge in [0, 0.05) is 25.1 Å². The van der Waals surface area contributed by atoms with Crippen molar-refractivity contribution >= 4 is 22.4 Å². The number of benzene rings is 1. The van der Waals surface area contributed by atoms with E-state index < -0.39 is 0 Å². The molecule has 26 heavy (non-hydrogen) atoms. The molecule has 2 aromatic heterocycles. The summed E-state index contributed by atoms with van der Waals surface area (Å²) in [6.07, 6.45) is 4.93. The molecule has 2 fully saturated rings. The van der Waals surface area contributed by atoms with E-state index in [4.69, 9.17) is 9.72 Å². The van der Waals surface area contributed by atoms with Crippen molar-refractivity contribution in [3.63, 3.8) is 0 Å². The molecule has 1 aromatic carbocycles. The molecular formula is C20H25BrN4O. The van der Waals surface area contributed by atoms with Gasteiger partial charge in [0.1, 0.15) is 5.75 Å². The Kier molecular flexibility index (Phi) is 4.57. The lowest BCUT2D eigenvalue weighted by Crippen LogP contribution is -3.00. The van der Waals surface area contributed by atoms with Gasteiger partial charge in [0.25, 0.3) is 0 Å². The third-order valence-corrected chi connectivity index (χ3v) is 6.15. The van der Waals surface area contributed by atoms with Gasteiger partial charge in [-0.3, -0.25) is 0 Å². The summed E-state index contributed by atoms with van der Waals surface area (Å²) < 4.78 is 8.98. The molecule has 2 aliphatic heterocycles. The van der Waals surface area contributed by atoms with Gasteiger partial charge >= 0.3 is 0 Å². The summed E-state index contributed by atoms with van der Waals surface area (Å²) in [5.74, 6) is 1.97. The molecule has 0 amide bonds. The number of aromatic nitrogens is 2. The number of rotatable bonds is 2. The maximum Gasteiger partial charge on any atom is 0.154 e. The minimum atomic E-state index is 0. The van der Waals surface area contributed by atoms with Crippen molar-refractivity contribution in [2.24, 2.45) is 0 Å². The van der Waals surface area contributed by atoms with Gasteiger partial charge in [0.2, 0.25) is 0 Å². The lowest BCUT2D eigenvalue weighted by molar-refractivity contribution is -0.917. The van der Waals surface area contributed by atoms with Crippen LogP contribution >= 0.6 is 0 Å². The molecule has 0 radical (unpaired) electrons. The third kappa shape index (κ3) is 2.76. The Morgan fingerprint density at radius 2 is 1.77 bits per heavy atom. The van der Waals surface area contributed by atoms with Crippen molar-refractivity contribution in [3.05, 3.63) is 36.5 Å². The normalized spacial score (nSPS) is 19.2. The maximum atomic E-state index is 5.40. The number of ether oxygens (including phenoxy) is 1. The lowest BCUT2D eigenvalue weighted by atomic mass is 10.2. The molecule has 2 aliphatic rings. The first kappa shape index (κ1) is 17.6. The van der Waals surface area contributed by atoms with Crippen LogP contribution in [0.1, 0.15) is 12.8 Å². The van der Waals surface area contributed by atoms with Gasteiger partial charge in [0.15, 0.2) is 5.82 Å². The minimum Gasteiger partial charge on any atom is -1.00 e. The average molecular weight is 417 g/mol. The van der Waals surface area contributed by atoms with E-state index in [1.165, 1.54) is 49.0 Å².